The van der Waals surface area contributed by atoms with Crippen LogP contribution < -0.4 is 10.2 Å². The van der Waals surface area contributed by atoms with E-state index in [1.54, 1.807) is 0 Å². The number of nitrogens with one attached hydrogen (secondary N) is 1. The van der Waals surface area contributed by atoms with Crippen LogP contribution in [0.15, 0.2) is 54.6 Å². The molecule has 1 amide bonds. The van der Waals surface area contributed by atoms with Gasteiger partial charge in [0.25, 0.3) is 0 Å². The van der Waals surface area contributed by atoms with Gasteiger partial charge in [0, 0.05) is 30.4 Å². The lowest BCUT2D eigenvalue weighted by Crippen LogP contribution is -2.38. The van der Waals surface area contributed by atoms with Gasteiger partial charge in [-0.25, -0.2) is 0 Å². The van der Waals surface area contributed by atoms with Gasteiger partial charge in [-0.3, -0.25) is 4.79 Å². The lowest BCUT2D eigenvalue weighted by molar-refractivity contribution is -0.120. The van der Waals surface area contributed by atoms with E-state index < -0.39 is 0 Å². The molecule has 1 aliphatic rings. The molecule has 0 aliphatic carbocycles. The fourth-order valence-electron chi connectivity index (χ4n) is 3.11. The molecule has 1 heterocycles. The topological polar surface area (TPSA) is 32.3 Å². The van der Waals surface area contributed by atoms with Crippen LogP contribution in [0.4, 0.5) is 11.4 Å². The summed E-state index contributed by atoms with van der Waals surface area (Å²) in [6, 6.07) is 18.6. The van der Waals surface area contributed by atoms with Crippen LogP contribution in [0, 0.1) is 5.92 Å². The molecule has 1 fully saturated rings. The predicted octanol–water partition coefficient (Wildman–Crippen LogP) is 4.10. The van der Waals surface area contributed by atoms with Gasteiger partial charge in [0.2, 0.25) is 5.91 Å². The van der Waals surface area contributed by atoms with Crippen molar-refractivity contribution in [1.82, 2.24) is 0 Å². The Kier molecular flexibility index (Phi) is 4.96. The molecule has 3 rings (SSSR count). The lowest BCUT2D eigenvalue weighted by Gasteiger charge is -2.33. The minimum absolute atomic E-state index is 0.112. The van der Waals surface area contributed by atoms with Crippen LogP contribution in [-0.2, 0) is 11.2 Å². The molecule has 2 aromatic rings. The Morgan fingerprint density at radius 3 is 2.30 bits per heavy atom. The van der Waals surface area contributed by atoms with Gasteiger partial charge >= 0.3 is 0 Å². The molecular formula is C20H24N2O. The Morgan fingerprint density at radius 1 is 1.04 bits per heavy atom. The number of amides is 1. The number of para-hydroxylation sites is 1. The summed E-state index contributed by atoms with van der Waals surface area (Å²) in [6.07, 6.45) is 2.84. The van der Waals surface area contributed by atoms with E-state index in [0.717, 1.165) is 38.0 Å². The van der Waals surface area contributed by atoms with Crippen LogP contribution in [0.2, 0.25) is 0 Å². The average Bonchev–Trinajstić information content (AvgIpc) is 2.63. The third kappa shape index (κ3) is 3.92. The summed E-state index contributed by atoms with van der Waals surface area (Å²) in [6.45, 7) is 4.02. The van der Waals surface area contributed by atoms with Gasteiger partial charge in [-0.05, 0) is 49.1 Å². The maximum absolute atomic E-state index is 12.4. The summed E-state index contributed by atoms with van der Waals surface area (Å²) >= 11 is 0. The summed E-state index contributed by atoms with van der Waals surface area (Å²) < 4.78 is 0. The van der Waals surface area contributed by atoms with Crippen molar-refractivity contribution in [3.05, 3.63) is 60.2 Å². The van der Waals surface area contributed by atoms with E-state index in [4.69, 9.17) is 0 Å². The molecule has 0 aromatic heterocycles. The van der Waals surface area contributed by atoms with Gasteiger partial charge < -0.3 is 10.2 Å². The molecule has 120 valence electrons. The number of rotatable bonds is 4. The fourth-order valence-corrected chi connectivity index (χ4v) is 3.11. The largest absolute Gasteiger partial charge is 0.371 e. The zero-order valence-corrected chi connectivity index (χ0v) is 13.7. The SMILES string of the molecule is CCc1ccc(NC(=O)C2CCN(c3ccccc3)CC2)cc1. The molecule has 0 unspecified atom stereocenters. The Balaban J connectivity index is 1.53. The first-order valence-corrected chi connectivity index (χ1v) is 8.46. The molecule has 0 saturated carbocycles. The molecule has 0 radical (unpaired) electrons. The van der Waals surface area contributed by atoms with E-state index >= 15 is 0 Å². The van der Waals surface area contributed by atoms with Crippen molar-refractivity contribution in [1.29, 1.82) is 0 Å². The number of aryl methyl sites for hydroxylation is 1. The monoisotopic (exact) mass is 308 g/mol. The first kappa shape index (κ1) is 15.6. The van der Waals surface area contributed by atoms with Crippen molar-refractivity contribution in [3.63, 3.8) is 0 Å². The Labute approximate surface area is 138 Å². The average molecular weight is 308 g/mol. The fraction of sp³-hybridized carbons (Fsp3) is 0.350. The highest BCUT2D eigenvalue weighted by molar-refractivity contribution is 5.92. The molecule has 3 nitrogen and oxygen atoms in total. The van der Waals surface area contributed by atoms with Crippen LogP contribution >= 0.6 is 0 Å². The van der Waals surface area contributed by atoms with Gasteiger partial charge in [0.15, 0.2) is 0 Å². The molecule has 1 N–H and O–H groups in total. The smallest absolute Gasteiger partial charge is 0.227 e. The maximum atomic E-state index is 12.4. The molecule has 1 saturated heterocycles. The first-order valence-electron chi connectivity index (χ1n) is 8.46. The molecule has 0 spiro atoms. The van der Waals surface area contributed by atoms with Crippen molar-refractivity contribution in [2.45, 2.75) is 26.2 Å². The second-order valence-corrected chi connectivity index (χ2v) is 6.14. The number of nitrogens with zero attached hydrogens (tertiary/aromatic N) is 1. The molecule has 0 bridgehead atoms. The van der Waals surface area contributed by atoms with E-state index in [1.807, 2.05) is 18.2 Å². The number of anilines is 2. The molecule has 2 aromatic carbocycles. The Hall–Kier alpha value is -2.29. The molecule has 1 aliphatic heterocycles. The molecule has 3 heteroatoms. The van der Waals surface area contributed by atoms with Crippen LogP contribution in [0.5, 0.6) is 0 Å². The third-order valence-electron chi connectivity index (χ3n) is 4.62. The number of piperidine rings is 1. The quantitative estimate of drug-likeness (QED) is 0.922. The number of carbonyl (C=O) groups excluding carboxylic acids is 1. The van der Waals surface area contributed by atoms with Gasteiger partial charge in [-0.15, -0.1) is 0 Å². The van der Waals surface area contributed by atoms with Gasteiger partial charge in [0.05, 0.1) is 0 Å². The van der Waals surface area contributed by atoms with Crippen LogP contribution in [0.3, 0.4) is 0 Å². The van der Waals surface area contributed by atoms with E-state index in [9.17, 15) is 4.79 Å². The van der Waals surface area contributed by atoms with E-state index in [0.29, 0.717) is 0 Å². The Bertz CT molecular complexity index is 628. The van der Waals surface area contributed by atoms with Crippen molar-refractivity contribution in [3.8, 4) is 0 Å². The third-order valence-corrected chi connectivity index (χ3v) is 4.62. The number of benzene rings is 2. The number of hydrogen-bond donors (Lipinski definition) is 1. The van der Waals surface area contributed by atoms with Crippen molar-refractivity contribution in [2.75, 3.05) is 23.3 Å². The zero-order chi connectivity index (χ0) is 16.1. The minimum atomic E-state index is 0.112. The second-order valence-electron chi connectivity index (χ2n) is 6.14. The zero-order valence-electron chi connectivity index (χ0n) is 13.7. The Morgan fingerprint density at radius 2 is 1.70 bits per heavy atom. The van der Waals surface area contributed by atoms with Crippen LogP contribution in [0.1, 0.15) is 25.3 Å². The van der Waals surface area contributed by atoms with E-state index in [-0.39, 0.29) is 11.8 Å². The maximum Gasteiger partial charge on any atom is 0.227 e. The van der Waals surface area contributed by atoms with Crippen LogP contribution in [0.25, 0.3) is 0 Å². The normalized spacial score (nSPS) is 15.4. The first-order chi connectivity index (χ1) is 11.3. The second kappa shape index (κ2) is 7.32. The molecule has 0 atom stereocenters. The summed E-state index contributed by atoms with van der Waals surface area (Å²) in [5.74, 6) is 0.266. The number of carbonyl (C=O) groups is 1. The standard InChI is InChI=1S/C20H24N2O/c1-2-16-8-10-18(11-9-16)21-20(23)17-12-14-22(15-13-17)19-6-4-3-5-7-19/h3-11,17H,2,12-15H2,1H3,(H,21,23). The minimum Gasteiger partial charge on any atom is -0.371 e. The van der Waals surface area contributed by atoms with Gasteiger partial charge in [-0.2, -0.15) is 0 Å². The molecule has 23 heavy (non-hydrogen) atoms. The van der Waals surface area contributed by atoms with Crippen molar-refractivity contribution >= 4 is 17.3 Å². The summed E-state index contributed by atoms with van der Waals surface area (Å²) in [4.78, 5) is 14.8. The van der Waals surface area contributed by atoms with E-state index in [2.05, 4.69) is 53.5 Å². The van der Waals surface area contributed by atoms with Gasteiger partial charge in [-0.1, -0.05) is 37.3 Å². The van der Waals surface area contributed by atoms with Crippen molar-refractivity contribution < 1.29 is 4.79 Å². The van der Waals surface area contributed by atoms with Crippen molar-refractivity contribution in [2.24, 2.45) is 5.92 Å². The van der Waals surface area contributed by atoms with Crippen LogP contribution in [-0.4, -0.2) is 19.0 Å². The number of hydrogen-bond acceptors (Lipinski definition) is 2. The highest BCUT2D eigenvalue weighted by Gasteiger charge is 2.25. The highest BCUT2D eigenvalue weighted by atomic mass is 16.1. The van der Waals surface area contributed by atoms with Gasteiger partial charge in [0.1, 0.15) is 0 Å². The van der Waals surface area contributed by atoms with E-state index in [1.165, 1.54) is 11.3 Å². The summed E-state index contributed by atoms with van der Waals surface area (Å²) in [7, 11) is 0. The molecular weight excluding hydrogens is 284 g/mol. The summed E-state index contributed by atoms with van der Waals surface area (Å²) in [5.41, 5.74) is 3.44. The summed E-state index contributed by atoms with van der Waals surface area (Å²) in [5, 5.41) is 3.06. The lowest BCUT2D eigenvalue weighted by atomic mass is 9.95. The highest BCUT2D eigenvalue weighted by Crippen LogP contribution is 2.24. The predicted molar refractivity (Wildman–Crippen MR) is 95.8 cm³/mol.